The lowest BCUT2D eigenvalue weighted by molar-refractivity contribution is -0.0251. The molecule has 0 N–H and O–H groups in total. The minimum absolute atomic E-state index is 0.0493. The Morgan fingerprint density at radius 3 is 1.97 bits per heavy atom. The highest BCUT2D eigenvalue weighted by Crippen LogP contribution is 2.57. The Balaban J connectivity index is 1.32. The molecule has 36 heavy (non-hydrogen) atoms. The molecule has 0 saturated heterocycles. The summed E-state index contributed by atoms with van der Waals surface area (Å²) in [7, 11) is 0. The van der Waals surface area contributed by atoms with Crippen molar-refractivity contribution in [2.45, 2.75) is 52.5 Å². The van der Waals surface area contributed by atoms with Crippen LogP contribution in [0.15, 0.2) is 60.7 Å². The second-order valence-corrected chi connectivity index (χ2v) is 11.7. The van der Waals surface area contributed by atoms with E-state index in [1.807, 2.05) is 43.3 Å². The van der Waals surface area contributed by atoms with Crippen molar-refractivity contribution in [3.63, 3.8) is 0 Å². The smallest absolute Gasteiger partial charge is 0.193 e. The van der Waals surface area contributed by atoms with Crippen LogP contribution in [0.2, 0.25) is 0 Å². The summed E-state index contributed by atoms with van der Waals surface area (Å²) in [4.78, 5) is 27.3. The lowest BCUT2D eigenvalue weighted by Gasteiger charge is -2.53. The fourth-order valence-electron chi connectivity index (χ4n) is 8.27. The summed E-state index contributed by atoms with van der Waals surface area (Å²) < 4.78 is 2.30. The van der Waals surface area contributed by atoms with Gasteiger partial charge in [0, 0.05) is 51.0 Å². The van der Waals surface area contributed by atoms with Gasteiger partial charge < -0.3 is 4.57 Å². The van der Waals surface area contributed by atoms with E-state index in [1.54, 1.807) is 0 Å². The minimum Gasteiger partial charge on any atom is -0.341 e. The fraction of sp³-hybridized carbons (Fsp3) is 0.394. The number of aromatic nitrogens is 1. The van der Waals surface area contributed by atoms with Gasteiger partial charge in [-0.05, 0) is 112 Å². The van der Waals surface area contributed by atoms with E-state index in [1.165, 1.54) is 32.1 Å². The monoisotopic (exact) mass is 475 g/mol. The average Bonchev–Trinajstić information content (AvgIpc) is 3.20. The van der Waals surface area contributed by atoms with Crippen LogP contribution in [0.4, 0.5) is 0 Å². The van der Waals surface area contributed by atoms with E-state index in [9.17, 15) is 9.59 Å². The van der Waals surface area contributed by atoms with Crippen molar-refractivity contribution in [3.05, 3.63) is 82.9 Å². The summed E-state index contributed by atoms with van der Waals surface area (Å²) in [6, 6.07) is 20.1. The molecule has 0 spiro atoms. The molecule has 4 aliphatic carbocycles. The first-order chi connectivity index (χ1) is 17.5. The van der Waals surface area contributed by atoms with E-state index >= 15 is 0 Å². The van der Waals surface area contributed by atoms with Crippen LogP contribution in [0.3, 0.4) is 0 Å². The predicted molar refractivity (Wildman–Crippen MR) is 145 cm³/mol. The number of Topliss-reactive ketones (excluding diaryl/α,β-unsaturated/α-hetero) is 1. The van der Waals surface area contributed by atoms with Crippen LogP contribution in [0, 0.1) is 36.5 Å². The number of hydrogen-bond acceptors (Lipinski definition) is 2. The van der Waals surface area contributed by atoms with Gasteiger partial charge in [-0.2, -0.15) is 0 Å². The molecule has 3 aromatic carbocycles. The number of rotatable bonds is 5. The Bertz CT molecular complexity index is 1510. The Labute approximate surface area is 212 Å². The van der Waals surface area contributed by atoms with Gasteiger partial charge in [-0.25, -0.2) is 0 Å². The normalized spacial score (nSPS) is 26.7. The van der Waals surface area contributed by atoms with Crippen LogP contribution < -0.4 is 0 Å². The molecule has 3 nitrogen and oxygen atoms in total. The Kier molecular flexibility index (Phi) is 4.99. The number of carbonyl (C=O) groups excluding carboxylic acids is 2. The van der Waals surface area contributed by atoms with Crippen molar-refractivity contribution < 1.29 is 9.59 Å². The van der Waals surface area contributed by atoms with Gasteiger partial charge in [0.25, 0.3) is 0 Å². The van der Waals surface area contributed by atoms with E-state index in [2.05, 4.69) is 35.8 Å². The maximum Gasteiger partial charge on any atom is 0.193 e. The van der Waals surface area contributed by atoms with E-state index in [0.717, 1.165) is 56.9 Å². The summed E-state index contributed by atoms with van der Waals surface area (Å²) >= 11 is 0. The number of benzene rings is 3. The third-order valence-corrected chi connectivity index (χ3v) is 9.65. The molecule has 0 atom stereocenters. The molecule has 0 amide bonds. The quantitative estimate of drug-likeness (QED) is 0.279. The van der Waals surface area contributed by atoms with E-state index in [-0.39, 0.29) is 11.7 Å². The van der Waals surface area contributed by atoms with Crippen LogP contribution in [-0.4, -0.2) is 16.1 Å². The average molecular weight is 476 g/mol. The van der Waals surface area contributed by atoms with Gasteiger partial charge in [-0.1, -0.05) is 24.3 Å². The zero-order valence-corrected chi connectivity index (χ0v) is 21.2. The molecular weight excluding hydrogens is 442 g/mol. The highest BCUT2D eigenvalue weighted by molar-refractivity contribution is 6.16. The minimum atomic E-state index is 0.0493. The van der Waals surface area contributed by atoms with Gasteiger partial charge in [-0.15, -0.1) is 0 Å². The van der Waals surface area contributed by atoms with E-state index < -0.39 is 0 Å². The van der Waals surface area contributed by atoms with Crippen LogP contribution in [0.5, 0.6) is 0 Å². The molecular formula is C33H33NO2. The molecule has 4 fully saturated rings. The van der Waals surface area contributed by atoms with E-state index in [0.29, 0.717) is 23.2 Å². The van der Waals surface area contributed by atoms with Crippen molar-refractivity contribution >= 4 is 33.4 Å². The lowest BCUT2D eigenvalue weighted by Crippen LogP contribution is -2.48. The summed E-state index contributed by atoms with van der Waals surface area (Å²) in [6.45, 7) is 4.98. The first-order valence-electron chi connectivity index (χ1n) is 13.7. The molecule has 1 heterocycles. The fourth-order valence-corrected chi connectivity index (χ4v) is 8.27. The van der Waals surface area contributed by atoms with Crippen molar-refractivity contribution in [1.82, 2.24) is 4.57 Å². The number of carbonyl (C=O) groups is 2. The number of ketones is 2. The van der Waals surface area contributed by atoms with Crippen LogP contribution >= 0.6 is 0 Å². The van der Waals surface area contributed by atoms with Crippen LogP contribution in [0.25, 0.3) is 21.8 Å². The van der Waals surface area contributed by atoms with Crippen molar-refractivity contribution in [2.24, 2.45) is 29.6 Å². The molecule has 0 radical (unpaired) electrons. The molecule has 182 valence electrons. The Morgan fingerprint density at radius 1 is 0.778 bits per heavy atom. The number of nitrogens with zero attached hydrogens (tertiary/aromatic N) is 1. The largest absolute Gasteiger partial charge is 0.341 e. The van der Waals surface area contributed by atoms with Gasteiger partial charge in [0.15, 0.2) is 11.6 Å². The third-order valence-electron chi connectivity index (χ3n) is 9.65. The van der Waals surface area contributed by atoms with Crippen LogP contribution in [0.1, 0.15) is 70.9 Å². The zero-order chi connectivity index (χ0) is 24.6. The number of hydrogen-bond donors (Lipinski definition) is 0. The lowest BCUT2D eigenvalue weighted by atomic mass is 9.51. The van der Waals surface area contributed by atoms with Crippen LogP contribution in [-0.2, 0) is 6.54 Å². The molecule has 4 saturated carbocycles. The molecule has 4 aliphatic rings. The second kappa shape index (κ2) is 8.16. The number of aryl methyl sites for hydroxylation is 2. The summed E-state index contributed by atoms with van der Waals surface area (Å²) in [5, 5.41) is 2.15. The van der Waals surface area contributed by atoms with Gasteiger partial charge in [-0.3, -0.25) is 9.59 Å². The number of fused-ring (bicyclic) bond motifs is 3. The summed E-state index contributed by atoms with van der Waals surface area (Å²) in [6.07, 6.45) is 6.42. The second-order valence-electron chi connectivity index (χ2n) is 11.7. The van der Waals surface area contributed by atoms with Gasteiger partial charge in [0.2, 0.25) is 0 Å². The van der Waals surface area contributed by atoms with Gasteiger partial charge in [0.05, 0.1) is 0 Å². The molecule has 1 aromatic heterocycles. The highest BCUT2D eigenvalue weighted by Gasteiger charge is 2.50. The molecule has 0 aliphatic heterocycles. The molecule has 3 heteroatoms. The first-order valence-corrected chi connectivity index (χ1v) is 13.7. The standard InChI is InChI=1S/C33H33NO2/c1-3-34-29-10-8-22(32(35)26-7-5-4-6-19(26)2)17-27(29)28-18-23(9-11-30(28)34)33(36)31-24-13-20-12-21(15-24)16-25(31)14-20/h4-11,17-18,20-21,24-25,31H,3,12-16H2,1-2H3. The maximum atomic E-state index is 13.9. The first kappa shape index (κ1) is 22.0. The maximum absolute atomic E-state index is 13.9. The van der Waals surface area contributed by atoms with Crippen molar-refractivity contribution in [2.75, 3.05) is 0 Å². The topological polar surface area (TPSA) is 39.1 Å². The molecule has 4 aromatic rings. The predicted octanol–water partition coefficient (Wildman–Crippen LogP) is 7.61. The van der Waals surface area contributed by atoms with Gasteiger partial charge in [0.1, 0.15) is 0 Å². The van der Waals surface area contributed by atoms with Crippen molar-refractivity contribution in [3.8, 4) is 0 Å². The molecule has 0 unspecified atom stereocenters. The zero-order valence-electron chi connectivity index (χ0n) is 21.2. The molecule has 8 rings (SSSR count). The summed E-state index contributed by atoms with van der Waals surface area (Å²) in [5.74, 6) is 3.51. The SMILES string of the molecule is CCn1c2ccc(C(=O)c3ccccc3C)cc2c2cc(C(=O)C3C4CC5CC(C4)CC3C5)ccc21. The van der Waals surface area contributed by atoms with Crippen molar-refractivity contribution in [1.29, 1.82) is 0 Å². The third kappa shape index (κ3) is 3.25. The van der Waals surface area contributed by atoms with E-state index in [4.69, 9.17) is 0 Å². The van der Waals surface area contributed by atoms with Gasteiger partial charge >= 0.3 is 0 Å². The summed E-state index contributed by atoms with van der Waals surface area (Å²) in [5.41, 5.74) is 5.54. The Morgan fingerprint density at radius 2 is 1.36 bits per heavy atom. The Hall–Kier alpha value is -3.20. The molecule has 4 bridgehead atoms. The highest BCUT2D eigenvalue weighted by atomic mass is 16.1.